The lowest BCUT2D eigenvalue weighted by atomic mass is 10.1. The summed E-state index contributed by atoms with van der Waals surface area (Å²) in [5.41, 5.74) is -0.0876. The van der Waals surface area contributed by atoms with Crippen molar-refractivity contribution in [2.75, 3.05) is 19.1 Å². The van der Waals surface area contributed by atoms with Crippen LogP contribution < -0.4 is 9.64 Å². The molecule has 0 radical (unpaired) electrons. The second kappa shape index (κ2) is 6.09. The van der Waals surface area contributed by atoms with Gasteiger partial charge in [-0.2, -0.15) is 13.2 Å². The first-order valence-electron chi connectivity index (χ1n) is 6.27. The Labute approximate surface area is 139 Å². The number of imide groups is 1. The van der Waals surface area contributed by atoms with Gasteiger partial charge in [-0.25, -0.2) is 9.69 Å². The summed E-state index contributed by atoms with van der Waals surface area (Å²) in [6, 6.07) is -0.836. The molecule has 0 bridgehead atoms. The molecule has 5 nitrogen and oxygen atoms in total. The molecule has 0 saturated carbocycles. The first-order chi connectivity index (χ1) is 10.6. The van der Waals surface area contributed by atoms with Gasteiger partial charge in [-0.1, -0.05) is 23.2 Å². The average molecular weight is 371 g/mol. The van der Waals surface area contributed by atoms with Gasteiger partial charge in [-0.3, -0.25) is 4.79 Å². The van der Waals surface area contributed by atoms with Crippen molar-refractivity contribution >= 4 is 40.8 Å². The van der Waals surface area contributed by atoms with E-state index in [1.54, 1.807) is 0 Å². The molecule has 126 valence electrons. The van der Waals surface area contributed by atoms with E-state index in [9.17, 15) is 22.8 Å². The van der Waals surface area contributed by atoms with Crippen LogP contribution in [0.15, 0.2) is 12.1 Å². The normalized spacial score (nSPS) is 19.3. The zero-order valence-electron chi connectivity index (χ0n) is 11.9. The molecule has 1 fully saturated rings. The molecule has 0 spiro atoms. The molecule has 1 atom stereocenters. The predicted molar refractivity (Wildman–Crippen MR) is 78.1 cm³/mol. The molecular weight excluding hydrogens is 360 g/mol. The van der Waals surface area contributed by atoms with Crippen molar-refractivity contribution < 1.29 is 27.5 Å². The third kappa shape index (κ3) is 3.18. The second-order valence-corrected chi connectivity index (χ2v) is 5.64. The Morgan fingerprint density at radius 2 is 1.83 bits per heavy atom. The van der Waals surface area contributed by atoms with E-state index in [1.165, 1.54) is 19.2 Å². The van der Waals surface area contributed by atoms with Crippen LogP contribution in [0.1, 0.15) is 6.42 Å². The number of hydrogen-bond donors (Lipinski definition) is 0. The Balaban J connectivity index is 2.46. The third-order valence-corrected chi connectivity index (χ3v) is 4.02. The SMILES string of the molecule is COc1cc(N2C(=O)CC(C(F)(F)F)N(C)C2=O)c(Cl)cc1Cl. The van der Waals surface area contributed by atoms with Crippen LogP contribution in [0.3, 0.4) is 0 Å². The molecule has 10 heteroatoms. The van der Waals surface area contributed by atoms with Crippen LogP contribution >= 0.6 is 23.2 Å². The van der Waals surface area contributed by atoms with Crippen LogP contribution in [-0.4, -0.2) is 43.2 Å². The number of rotatable bonds is 2. The van der Waals surface area contributed by atoms with Crippen molar-refractivity contribution in [1.29, 1.82) is 0 Å². The number of halogens is 5. The first kappa shape index (κ1) is 17.7. The lowest BCUT2D eigenvalue weighted by molar-refractivity contribution is -0.179. The summed E-state index contributed by atoms with van der Waals surface area (Å²) in [5.74, 6) is -0.881. The largest absolute Gasteiger partial charge is 0.495 e. The van der Waals surface area contributed by atoms with E-state index in [2.05, 4.69) is 0 Å². The maximum atomic E-state index is 12.9. The lowest BCUT2D eigenvalue weighted by Crippen LogP contribution is -2.60. The van der Waals surface area contributed by atoms with Gasteiger partial charge in [0.1, 0.15) is 11.8 Å². The number of benzene rings is 1. The molecule has 0 aromatic heterocycles. The van der Waals surface area contributed by atoms with E-state index in [0.717, 1.165) is 7.05 Å². The number of methoxy groups -OCH3 is 1. The van der Waals surface area contributed by atoms with Gasteiger partial charge in [0.15, 0.2) is 0 Å². The van der Waals surface area contributed by atoms with Crippen molar-refractivity contribution in [3.05, 3.63) is 22.2 Å². The van der Waals surface area contributed by atoms with E-state index in [4.69, 9.17) is 27.9 Å². The number of amides is 3. The van der Waals surface area contributed by atoms with E-state index in [1.807, 2.05) is 0 Å². The van der Waals surface area contributed by atoms with Gasteiger partial charge >= 0.3 is 12.2 Å². The zero-order valence-corrected chi connectivity index (χ0v) is 13.5. The highest BCUT2D eigenvalue weighted by Crippen LogP contribution is 2.39. The highest BCUT2D eigenvalue weighted by atomic mass is 35.5. The number of carbonyl (C=O) groups is 2. The maximum Gasteiger partial charge on any atom is 0.409 e. The molecule has 1 aromatic rings. The number of hydrogen-bond acceptors (Lipinski definition) is 3. The Morgan fingerprint density at radius 3 is 2.35 bits per heavy atom. The molecule has 1 aliphatic heterocycles. The number of alkyl halides is 3. The van der Waals surface area contributed by atoms with Crippen LogP contribution in [0.4, 0.5) is 23.7 Å². The summed E-state index contributed by atoms with van der Waals surface area (Å²) < 4.78 is 43.6. The van der Waals surface area contributed by atoms with Gasteiger partial charge < -0.3 is 9.64 Å². The highest BCUT2D eigenvalue weighted by Gasteiger charge is 2.51. The molecule has 1 aliphatic rings. The van der Waals surface area contributed by atoms with Gasteiger partial charge in [0, 0.05) is 13.1 Å². The van der Waals surface area contributed by atoms with Crippen LogP contribution in [-0.2, 0) is 4.79 Å². The molecule has 1 aromatic carbocycles. The third-order valence-electron chi connectivity index (χ3n) is 3.42. The van der Waals surface area contributed by atoms with Gasteiger partial charge in [0.2, 0.25) is 5.91 Å². The second-order valence-electron chi connectivity index (χ2n) is 4.82. The van der Waals surface area contributed by atoms with E-state index in [-0.39, 0.29) is 21.5 Å². The summed E-state index contributed by atoms with van der Waals surface area (Å²) >= 11 is 11.8. The molecule has 23 heavy (non-hydrogen) atoms. The van der Waals surface area contributed by atoms with Crippen molar-refractivity contribution in [3.63, 3.8) is 0 Å². The minimum atomic E-state index is -4.70. The Morgan fingerprint density at radius 1 is 1.22 bits per heavy atom. The predicted octanol–water partition coefficient (Wildman–Crippen LogP) is 3.72. The fourth-order valence-electron chi connectivity index (χ4n) is 2.21. The maximum absolute atomic E-state index is 12.9. The standard InChI is InChI=1S/C13H11Cl2F3N2O3/c1-19-10(13(16,17)18)5-11(21)20(12(19)22)8-4-9(23-2)7(15)3-6(8)14/h3-4,10H,5H2,1-2H3. The van der Waals surface area contributed by atoms with Crippen molar-refractivity contribution in [2.45, 2.75) is 18.6 Å². The number of ether oxygens (including phenoxy) is 1. The lowest BCUT2D eigenvalue weighted by Gasteiger charge is -2.38. The van der Waals surface area contributed by atoms with E-state index >= 15 is 0 Å². The summed E-state index contributed by atoms with van der Waals surface area (Å²) in [5, 5.41) is 0.0797. The van der Waals surface area contributed by atoms with Crippen molar-refractivity contribution in [2.24, 2.45) is 0 Å². The molecule has 1 heterocycles. The number of urea groups is 1. The number of anilines is 1. The van der Waals surface area contributed by atoms with Crippen LogP contribution in [0.5, 0.6) is 5.75 Å². The smallest absolute Gasteiger partial charge is 0.409 e. The molecule has 0 N–H and O–H groups in total. The molecule has 0 aliphatic carbocycles. The number of nitrogens with zero attached hydrogens (tertiary/aromatic N) is 2. The summed E-state index contributed by atoms with van der Waals surface area (Å²) in [6.45, 7) is 0. The Bertz CT molecular complexity index is 667. The minimum absolute atomic E-state index is 0.0589. The summed E-state index contributed by atoms with van der Waals surface area (Å²) in [6.07, 6.45) is -5.60. The summed E-state index contributed by atoms with van der Waals surface area (Å²) in [7, 11) is 2.28. The van der Waals surface area contributed by atoms with Gasteiger partial charge in [-0.15, -0.1) is 0 Å². The Hall–Kier alpha value is -1.67. The highest BCUT2D eigenvalue weighted by molar-refractivity contribution is 6.38. The molecule has 1 unspecified atom stereocenters. The van der Waals surface area contributed by atoms with E-state index in [0.29, 0.717) is 9.80 Å². The van der Waals surface area contributed by atoms with E-state index < -0.39 is 30.6 Å². The van der Waals surface area contributed by atoms with Crippen molar-refractivity contribution in [1.82, 2.24) is 4.90 Å². The van der Waals surface area contributed by atoms with Gasteiger partial charge in [0.05, 0.1) is 29.3 Å². The van der Waals surface area contributed by atoms with Crippen LogP contribution in [0, 0.1) is 0 Å². The quantitative estimate of drug-likeness (QED) is 0.796. The summed E-state index contributed by atoms with van der Waals surface area (Å²) in [4.78, 5) is 25.4. The average Bonchev–Trinajstić information content (AvgIpc) is 2.44. The van der Waals surface area contributed by atoms with Crippen molar-refractivity contribution in [3.8, 4) is 5.75 Å². The fourth-order valence-corrected chi connectivity index (χ4v) is 2.76. The number of carbonyl (C=O) groups excluding carboxylic acids is 2. The Kier molecular flexibility index (Phi) is 4.68. The zero-order chi connectivity index (χ0) is 17.5. The first-order valence-corrected chi connectivity index (χ1v) is 7.03. The topological polar surface area (TPSA) is 49.9 Å². The molecule has 1 saturated heterocycles. The molecular formula is C13H11Cl2F3N2O3. The van der Waals surface area contributed by atoms with Crippen LogP contribution in [0.25, 0.3) is 0 Å². The minimum Gasteiger partial charge on any atom is -0.495 e. The van der Waals surface area contributed by atoms with Gasteiger partial charge in [-0.05, 0) is 6.07 Å². The van der Waals surface area contributed by atoms with Gasteiger partial charge in [0.25, 0.3) is 0 Å². The molecule has 3 amide bonds. The molecule has 2 rings (SSSR count). The monoisotopic (exact) mass is 370 g/mol. The fraction of sp³-hybridized carbons (Fsp3) is 0.385. The van der Waals surface area contributed by atoms with Crippen LogP contribution in [0.2, 0.25) is 10.0 Å².